The molecule has 1 aromatic rings. The Balaban J connectivity index is 2.05. The van der Waals surface area contributed by atoms with E-state index >= 15 is 0 Å². The highest BCUT2D eigenvalue weighted by molar-refractivity contribution is 5.81. The van der Waals surface area contributed by atoms with E-state index in [1.165, 1.54) is 37.2 Å². The molecular weight excluding hydrogens is 255 g/mol. The van der Waals surface area contributed by atoms with E-state index in [0.29, 0.717) is 5.69 Å². The first kappa shape index (κ1) is 14.2. The molecule has 0 atom stereocenters. The van der Waals surface area contributed by atoms with Crippen molar-refractivity contribution in [3.8, 4) is 6.07 Å². The van der Waals surface area contributed by atoms with Gasteiger partial charge in [0.15, 0.2) is 0 Å². The molecule has 1 heterocycles. The molecule has 0 bridgehead atoms. The van der Waals surface area contributed by atoms with Gasteiger partial charge in [-0.05, 0) is 55.9 Å². The Morgan fingerprint density at radius 2 is 2.20 bits per heavy atom. The van der Waals surface area contributed by atoms with Crippen LogP contribution in [0.25, 0.3) is 0 Å². The van der Waals surface area contributed by atoms with Crippen molar-refractivity contribution in [2.45, 2.75) is 12.8 Å². The molecule has 1 aromatic carbocycles. The normalized spacial score (nSPS) is 16.7. The minimum Gasteiger partial charge on any atom is -0.404 e. The lowest BCUT2D eigenvalue weighted by atomic mass is 10.2. The molecule has 0 spiro atoms. The summed E-state index contributed by atoms with van der Waals surface area (Å²) in [6.07, 6.45) is 5.65. The highest BCUT2D eigenvalue weighted by Crippen LogP contribution is 2.17. The molecule has 104 valence electrons. The Hall–Kier alpha value is -2.19. The quantitative estimate of drug-likeness (QED) is 0.855. The van der Waals surface area contributed by atoms with Crippen molar-refractivity contribution in [3.63, 3.8) is 0 Å². The maximum atomic E-state index is 13.2. The summed E-state index contributed by atoms with van der Waals surface area (Å²) in [6.45, 7) is 2.94. The summed E-state index contributed by atoms with van der Waals surface area (Å²) < 4.78 is 13.2. The first-order valence-corrected chi connectivity index (χ1v) is 6.60. The number of nitriles is 1. The molecule has 4 nitrogen and oxygen atoms in total. The van der Waals surface area contributed by atoms with Crippen LogP contribution >= 0.6 is 0 Å². The van der Waals surface area contributed by atoms with Crippen LogP contribution in [0.5, 0.6) is 0 Å². The SMILES string of the molecule is N#Cc1cc(N=C/C(=C\N)CN2CCCC2)ccc1F. The lowest BCUT2D eigenvalue weighted by Crippen LogP contribution is -2.22. The molecule has 1 aliphatic heterocycles. The van der Waals surface area contributed by atoms with Crippen molar-refractivity contribution in [2.75, 3.05) is 19.6 Å². The number of likely N-dealkylation sites (tertiary alicyclic amines) is 1. The fourth-order valence-corrected chi connectivity index (χ4v) is 2.17. The van der Waals surface area contributed by atoms with E-state index in [-0.39, 0.29) is 5.56 Å². The third-order valence-electron chi connectivity index (χ3n) is 3.27. The van der Waals surface area contributed by atoms with E-state index in [2.05, 4.69) is 9.89 Å². The van der Waals surface area contributed by atoms with Crippen LogP contribution in [0.15, 0.2) is 35.0 Å². The number of nitrogens with two attached hydrogens (primary N) is 1. The second-order valence-electron chi connectivity index (χ2n) is 4.76. The number of rotatable bonds is 4. The summed E-state index contributed by atoms with van der Waals surface area (Å²) in [5.74, 6) is -0.530. The Morgan fingerprint density at radius 3 is 2.85 bits per heavy atom. The summed E-state index contributed by atoms with van der Waals surface area (Å²) in [5, 5.41) is 8.78. The van der Waals surface area contributed by atoms with E-state index in [4.69, 9.17) is 11.0 Å². The number of hydrogen-bond acceptors (Lipinski definition) is 4. The third kappa shape index (κ3) is 3.65. The van der Waals surface area contributed by atoms with Gasteiger partial charge in [0.25, 0.3) is 0 Å². The van der Waals surface area contributed by atoms with Gasteiger partial charge in [0, 0.05) is 12.8 Å². The molecule has 2 rings (SSSR count). The molecule has 1 fully saturated rings. The summed E-state index contributed by atoms with van der Waals surface area (Å²) >= 11 is 0. The summed E-state index contributed by atoms with van der Waals surface area (Å²) in [5.41, 5.74) is 7.06. The van der Waals surface area contributed by atoms with Gasteiger partial charge in [-0.25, -0.2) is 4.39 Å². The molecule has 5 heteroatoms. The minimum absolute atomic E-state index is 0.00234. The van der Waals surface area contributed by atoms with Crippen LogP contribution in [0.2, 0.25) is 0 Å². The average Bonchev–Trinajstić information content (AvgIpc) is 2.97. The summed E-state index contributed by atoms with van der Waals surface area (Å²) in [7, 11) is 0. The van der Waals surface area contributed by atoms with Gasteiger partial charge in [-0.2, -0.15) is 5.26 Å². The predicted molar refractivity (Wildman–Crippen MR) is 77.2 cm³/mol. The first-order valence-electron chi connectivity index (χ1n) is 6.60. The maximum absolute atomic E-state index is 13.2. The molecule has 0 radical (unpaired) electrons. The monoisotopic (exact) mass is 272 g/mol. The Kier molecular flexibility index (Phi) is 4.85. The van der Waals surface area contributed by atoms with Crippen LogP contribution in [-0.4, -0.2) is 30.7 Å². The molecule has 0 amide bonds. The molecular formula is C15H17FN4. The van der Waals surface area contributed by atoms with Crippen molar-refractivity contribution >= 4 is 11.9 Å². The molecule has 1 aliphatic rings. The highest BCUT2D eigenvalue weighted by atomic mass is 19.1. The zero-order valence-electron chi connectivity index (χ0n) is 11.2. The van der Waals surface area contributed by atoms with Crippen molar-refractivity contribution in [1.82, 2.24) is 4.90 Å². The topological polar surface area (TPSA) is 65.4 Å². The van der Waals surface area contributed by atoms with Gasteiger partial charge >= 0.3 is 0 Å². The predicted octanol–water partition coefficient (Wildman–Crippen LogP) is 2.34. The van der Waals surface area contributed by atoms with Gasteiger partial charge in [-0.3, -0.25) is 9.89 Å². The number of nitrogens with zero attached hydrogens (tertiary/aromatic N) is 3. The van der Waals surface area contributed by atoms with Gasteiger partial charge in [-0.1, -0.05) is 0 Å². The third-order valence-corrected chi connectivity index (χ3v) is 3.27. The summed E-state index contributed by atoms with van der Waals surface area (Å²) in [4.78, 5) is 6.57. The summed E-state index contributed by atoms with van der Waals surface area (Å²) in [6, 6.07) is 6.01. The van der Waals surface area contributed by atoms with Gasteiger partial charge in [0.05, 0.1) is 11.3 Å². The minimum atomic E-state index is -0.530. The van der Waals surface area contributed by atoms with E-state index in [9.17, 15) is 4.39 Å². The Morgan fingerprint density at radius 1 is 1.45 bits per heavy atom. The zero-order chi connectivity index (χ0) is 14.4. The van der Waals surface area contributed by atoms with E-state index in [0.717, 1.165) is 25.2 Å². The second kappa shape index (κ2) is 6.83. The van der Waals surface area contributed by atoms with Gasteiger partial charge in [0.2, 0.25) is 0 Å². The molecule has 1 saturated heterocycles. The van der Waals surface area contributed by atoms with Crippen LogP contribution < -0.4 is 5.73 Å². The van der Waals surface area contributed by atoms with Gasteiger partial charge in [0.1, 0.15) is 11.9 Å². The maximum Gasteiger partial charge on any atom is 0.141 e. The van der Waals surface area contributed by atoms with Crippen LogP contribution in [0.4, 0.5) is 10.1 Å². The fourth-order valence-electron chi connectivity index (χ4n) is 2.17. The van der Waals surface area contributed by atoms with E-state index < -0.39 is 5.82 Å². The second-order valence-corrected chi connectivity index (χ2v) is 4.76. The van der Waals surface area contributed by atoms with E-state index in [1.807, 2.05) is 0 Å². The fraction of sp³-hybridized carbons (Fsp3) is 0.333. The van der Waals surface area contributed by atoms with Crippen LogP contribution in [0, 0.1) is 17.1 Å². The molecule has 2 N–H and O–H groups in total. The largest absolute Gasteiger partial charge is 0.404 e. The van der Waals surface area contributed by atoms with Crippen molar-refractivity contribution in [3.05, 3.63) is 41.4 Å². The first-order chi connectivity index (χ1) is 9.72. The Labute approximate surface area is 118 Å². The molecule has 0 saturated carbocycles. The van der Waals surface area contributed by atoms with Crippen molar-refractivity contribution in [1.29, 1.82) is 5.26 Å². The lowest BCUT2D eigenvalue weighted by molar-refractivity contribution is 0.373. The lowest BCUT2D eigenvalue weighted by Gasteiger charge is -2.14. The standard InChI is InChI=1S/C15H17FN4/c16-15-4-3-14(7-13(15)9-18)19-10-12(8-17)11-20-5-1-2-6-20/h3-4,7-8,10H,1-2,5-6,11,17H2/b12-8+,19-10?. The van der Waals surface area contributed by atoms with E-state index in [1.54, 1.807) is 12.3 Å². The smallest absolute Gasteiger partial charge is 0.141 e. The van der Waals surface area contributed by atoms with Crippen molar-refractivity contribution < 1.29 is 4.39 Å². The molecule has 0 aromatic heterocycles. The Bertz CT molecular complexity index is 566. The van der Waals surface area contributed by atoms with Gasteiger partial charge < -0.3 is 5.73 Å². The zero-order valence-corrected chi connectivity index (χ0v) is 11.2. The van der Waals surface area contributed by atoms with Gasteiger partial charge in [-0.15, -0.1) is 0 Å². The van der Waals surface area contributed by atoms with Crippen LogP contribution in [-0.2, 0) is 0 Å². The van der Waals surface area contributed by atoms with Crippen molar-refractivity contribution in [2.24, 2.45) is 10.7 Å². The molecule has 0 unspecified atom stereocenters. The van der Waals surface area contributed by atoms with Crippen LogP contribution in [0.1, 0.15) is 18.4 Å². The number of aliphatic imine (C=N–C) groups is 1. The number of benzene rings is 1. The molecule has 0 aliphatic carbocycles. The van der Waals surface area contributed by atoms with Crippen LogP contribution in [0.3, 0.4) is 0 Å². The average molecular weight is 272 g/mol. The number of halogens is 1. The number of hydrogen-bond donors (Lipinski definition) is 1. The molecule has 20 heavy (non-hydrogen) atoms. The highest BCUT2D eigenvalue weighted by Gasteiger charge is 2.12.